The summed E-state index contributed by atoms with van der Waals surface area (Å²) in [4.78, 5) is 8.56. The van der Waals surface area contributed by atoms with Gasteiger partial charge in [0, 0.05) is 13.2 Å². The van der Waals surface area contributed by atoms with Gasteiger partial charge in [0.2, 0.25) is 5.95 Å². The molecule has 6 heteroatoms. The van der Waals surface area contributed by atoms with Crippen LogP contribution in [0.15, 0.2) is 6.20 Å². The lowest BCUT2D eigenvalue weighted by Crippen LogP contribution is -2.31. The second kappa shape index (κ2) is 5.51. The van der Waals surface area contributed by atoms with Crippen LogP contribution in [0.2, 0.25) is 5.02 Å². The van der Waals surface area contributed by atoms with Gasteiger partial charge < -0.3 is 15.4 Å². The molecule has 5 nitrogen and oxygen atoms in total. The lowest BCUT2D eigenvalue weighted by atomic mass is 10.1. The van der Waals surface area contributed by atoms with Gasteiger partial charge in [-0.2, -0.15) is 4.98 Å². The van der Waals surface area contributed by atoms with E-state index in [0.29, 0.717) is 34.9 Å². The summed E-state index contributed by atoms with van der Waals surface area (Å²) in [5.74, 6) is 2.03. The van der Waals surface area contributed by atoms with Gasteiger partial charge in [0.15, 0.2) is 5.82 Å². The molecule has 2 N–H and O–H groups in total. The number of rotatable bonds is 5. The Balaban J connectivity index is 1.72. The maximum Gasteiger partial charge on any atom is 0.224 e. The maximum absolute atomic E-state index is 6.16. The van der Waals surface area contributed by atoms with Crippen LogP contribution in [0.1, 0.15) is 26.2 Å². The molecule has 1 aromatic rings. The highest BCUT2D eigenvalue weighted by atomic mass is 35.5. The van der Waals surface area contributed by atoms with Crippen molar-refractivity contribution in [1.29, 1.82) is 0 Å². The Morgan fingerprint density at radius 3 is 3.00 bits per heavy atom. The molecule has 1 aromatic heterocycles. The summed E-state index contributed by atoms with van der Waals surface area (Å²) in [5.41, 5.74) is 0. The Morgan fingerprint density at radius 2 is 2.26 bits per heavy atom. The molecule has 2 aliphatic rings. The topological polar surface area (TPSA) is 59.1 Å². The summed E-state index contributed by atoms with van der Waals surface area (Å²) in [6.07, 6.45) is 5.52. The smallest absolute Gasteiger partial charge is 0.224 e. The van der Waals surface area contributed by atoms with E-state index in [0.717, 1.165) is 19.6 Å². The monoisotopic (exact) mass is 282 g/mol. The van der Waals surface area contributed by atoms with Crippen LogP contribution in [0, 0.1) is 5.92 Å². The van der Waals surface area contributed by atoms with Crippen molar-refractivity contribution >= 4 is 23.4 Å². The Labute approximate surface area is 118 Å². The molecular formula is C13H19ClN4O. The minimum absolute atomic E-state index is 0.314. The molecule has 1 aliphatic carbocycles. The average molecular weight is 283 g/mol. The summed E-state index contributed by atoms with van der Waals surface area (Å²) in [6.45, 7) is 3.62. The van der Waals surface area contributed by atoms with Crippen molar-refractivity contribution in [1.82, 2.24) is 9.97 Å². The van der Waals surface area contributed by atoms with Crippen molar-refractivity contribution in [3.05, 3.63) is 11.2 Å². The van der Waals surface area contributed by atoms with Crippen molar-refractivity contribution in [3.8, 4) is 0 Å². The van der Waals surface area contributed by atoms with Gasteiger partial charge in [0.25, 0.3) is 0 Å². The van der Waals surface area contributed by atoms with Crippen molar-refractivity contribution in [3.63, 3.8) is 0 Å². The van der Waals surface area contributed by atoms with E-state index in [1.54, 1.807) is 6.20 Å². The van der Waals surface area contributed by atoms with Crippen molar-refractivity contribution in [2.45, 2.75) is 38.3 Å². The molecule has 0 aromatic carbocycles. The van der Waals surface area contributed by atoms with Gasteiger partial charge in [-0.25, -0.2) is 4.98 Å². The highest BCUT2D eigenvalue weighted by Gasteiger charge is 2.40. The van der Waals surface area contributed by atoms with Crippen LogP contribution >= 0.6 is 11.6 Å². The Bertz CT molecular complexity index is 452. The fourth-order valence-electron chi connectivity index (χ4n) is 2.54. The van der Waals surface area contributed by atoms with Gasteiger partial charge in [0.1, 0.15) is 5.02 Å². The number of hydrogen-bond donors (Lipinski definition) is 2. The van der Waals surface area contributed by atoms with Crippen LogP contribution < -0.4 is 10.6 Å². The fourth-order valence-corrected chi connectivity index (χ4v) is 2.69. The highest BCUT2D eigenvalue weighted by Crippen LogP contribution is 2.39. The third-order valence-corrected chi connectivity index (χ3v) is 3.90. The van der Waals surface area contributed by atoms with Crippen molar-refractivity contribution < 1.29 is 4.74 Å². The van der Waals surface area contributed by atoms with E-state index in [9.17, 15) is 0 Å². The lowest BCUT2D eigenvalue weighted by Gasteiger charge is -2.20. The first-order valence-corrected chi connectivity index (χ1v) is 7.30. The van der Waals surface area contributed by atoms with Crippen LogP contribution in [0.3, 0.4) is 0 Å². The Kier molecular flexibility index (Phi) is 3.75. The van der Waals surface area contributed by atoms with E-state index in [1.165, 1.54) is 12.8 Å². The second-order valence-electron chi connectivity index (χ2n) is 5.13. The van der Waals surface area contributed by atoms with Crippen LogP contribution in [0.5, 0.6) is 0 Å². The van der Waals surface area contributed by atoms with Gasteiger partial charge in [0.05, 0.1) is 18.3 Å². The predicted octanol–water partition coefficient (Wildman–Crippen LogP) is 2.54. The molecule has 2 atom stereocenters. The second-order valence-corrected chi connectivity index (χ2v) is 5.54. The van der Waals surface area contributed by atoms with Gasteiger partial charge in [-0.3, -0.25) is 0 Å². The summed E-state index contributed by atoms with van der Waals surface area (Å²) < 4.78 is 5.81. The third-order valence-electron chi connectivity index (χ3n) is 3.62. The summed E-state index contributed by atoms with van der Waals surface area (Å²) in [6, 6.07) is 0.314. The molecule has 3 rings (SSSR count). The molecular weight excluding hydrogens is 264 g/mol. The number of ether oxygens (including phenoxy) is 1. The highest BCUT2D eigenvalue weighted by molar-refractivity contribution is 6.32. The minimum atomic E-state index is 0.314. The lowest BCUT2D eigenvalue weighted by molar-refractivity contribution is 0.0898. The van der Waals surface area contributed by atoms with E-state index < -0.39 is 0 Å². The van der Waals surface area contributed by atoms with E-state index in [2.05, 4.69) is 20.6 Å². The fraction of sp³-hybridized carbons (Fsp3) is 0.692. The average Bonchev–Trinajstić information content (AvgIpc) is 3.14. The largest absolute Gasteiger partial charge is 0.376 e. The summed E-state index contributed by atoms with van der Waals surface area (Å²) in [7, 11) is 0. The standard InChI is InChI=1S/C13H19ClN4O/c1-2-15-13-16-7-9(14)12(18-13)17-10-5-6-19-11(10)8-3-4-8/h7-8,10-11H,2-6H2,1H3,(H2,15,16,17,18). The normalized spacial score (nSPS) is 26.4. The quantitative estimate of drug-likeness (QED) is 0.869. The molecule has 1 saturated heterocycles. The van der Waals surface area contributed by atoms with E-state index in [4.69, 9.17) is 16.3 Å². The first kappa shape index (κ1) is 12.9. The van der Waals surface area contributed by atoms with E-state index >= 15 is 0 Å². The first-order chi connectivity index (χ1) is 9.28. The number of halogens is 1. The third kappa shape index (κ3) is 2.92. The van der Waals surface area contributed by atoms with E-state index in [1.807, 2.05) is 6.92 Å². The number of aromatic nitrogens is 2. The molecule has 0 bridgehead atoms. The van der Waals surface area contributed by atoms with Gasteiger partial charge in [-0.1, -0.05) is 11.6 Å². The number of anilines is 2. The number of nitrogens with zero attached hydrogens (tertiary/aromatic N) is 2. The Morgan fingerprint density at radius 1 is 1.42 bits per heavy atom. The maximum atomic E-state index is 6.16. The predicted molar refractivity (Wildman–Crippen MR) is 75.7 cm³/mol. The summed E-state index contributed by atoms with van der Waals surface area (Å²) in [5, 5.41) is 7.08. The molecule has 0 radical (unpaired) electrons. The molecule has 1 aliphatic heterocycles. The summed E-state index contributed by atoms with van der Waals surface area (Å²) >= 11 is 6.16. The molecule has 0 spiro atoms. The molecule has 2 unspecified atom stereocenters. The van der Waals surface area contributed by atoms with Gasteiger partial charge in [-0.05, 0) is 32.1 Å². The van der Waals surface area contributed by atoms with Crippen LogP contribution in [-0.2, 0) is 4.74 Å². The minimum Gasteiger partial charge on any atom is -0.376 e. The number of nitrogens with one attached hydrogen (secondary N) is 2. The molecule has 19 heavy (non-hydrogen) atoms. The van der Waals surface area contributed by atoms with Crippen molar-refractivity contribution in [2.24, 2.45) is 5.92 Å². The molecule has 104 valence electrons. The van der Waals surface area contributed by atoms with Crippen molar-refractivity contribution in [2.75, 3.05) is 23.8 Å². The Hall–Kier alpha value is -1.07. The van der Waals surface area contributed by atoms with Gasteiger partial charge >= 0.3 is 0 Å². The zero-order chi connectivity index (χ0) is 13.2. The molecule has 1 saturated carbocycles. The SMILES string of the molecule is CCNc1ncc(Cl)c(NC2CCOC2C2CC2)n1. The first-order valence-electron chi connectivity index (χ1n) is 6.92. The zero-order valence-corrected chi connectivity index (χ0v) is 11.8. The van der Waals surface area contributed by atoms with Gasteiger partial charge in [-0.15, -0.1) is 0 Å². The molecule has 0 amide bonds. The number of hydrogen-bond acceptors (Lipinski definition) is 5. The van der Waals surface area contributed by atoms with Crippen LogP contribution in [0.4, 0.5) is 11.8 Å². The van der Waals surface area contributed by atoms with E-state index in [-0.39, 0.29) is 0 Å². The molecule has 2 heterocycles. The zero-order valence-electron chi connectivity index (χ0n) is 11.0. The molecule has 2 fully saturated rings. The van der Waals surface area contributed by atoms with Crippen LogP contribution in [-0.4, -0.2) is 35.3 Å². The van der Waals surface area contributed by atoms with Crippen LogP contribution in [0.25, 0.3) is 0 Å².